The van der Waals surface area contributed by atoms with Gasteiger partial charge in [0.1, 0.15) is 11.4 Å². The van der Waals surface area contributed by atoms with E-state index in [1.807, 2.05) is 44.2 Å². The van der Waals surface area contributed by atoms with Gasteiger partial charge in [0, 0.05) is 16.2 Å². The van der Waals surface area contributed by atoms with Crippen molar-refractivity contribution in [2.45, 2.75) is 25.9 Å². The van der Waals surface area contributed by atoms with Crippen molar-refractivity contribution in [1.82, 2.24) is 4.98 Å². The van der Waals surface area contributed by atoms with Crippen LogP contribution in [0, 0.1) is 0 Å². The van der Waals surface area contributed by atoms with Crippen LogP contribution in [0.1, 0.15) is 31.4 Å². The van der Waals surface area contributed by atoms with Crippen LogP contribution in [-0.4, -0.2) is 16.7 Å². The number of nitrogens with zero attached hydrogens (tertiary/aromatic N) is 1. The van der Waals surface area contributed by atoms with Gasteiger partial charge < -0.3 is 9.84 Å². The van der Waals surface area contributed by atoms with Crippen molar-refractivity contribution in [2.75, 3.05) is 6.61 Å². The molecule has 0 spiro atoms. The number of benzene rings is 1. The lowest BCUT2D eigenvalue weighted by atomic mass is 9.85. The number of hydrogen-bond donors (Lipinski definition) is 1. The topological polar surface area (TPSA) is 42.4 Å². The first-order chi connectivity index (χ1) is 9.60. The Bertz CT molecular complexity index is 588. The van der Waals surface area contributed by atoms with E-state index in [0.29, 0.717) is 18.8 Å². The Morgan fingerprint density at radius 1 is 1.20 bits per heavy atom. The second-order valence-electron chi connectivity index (χ2n) is 4.57. The largest absolute Gasteiger partial charge is 0.492 e. The molecule has 2 rings (SSSR count). The molecule has 1 N–H and O–H groups in total. The molecule has 0 fully saturated rings. The predicted molar refractivity (Wildman–Crippen MR) is 82.8 cm³/mol. The summed E-state index contributed by atoms with van der Waals surface area (Å²) in [6.45, 7) is 4.45. The molecular formula is C16H18BrNO2. The van der Waals surface area contributed by atoms with Crippen LogP contribution < -0.4 is 4.74 Å². The number of rotatable bonds is 5. The molecule has 1 aromatic carbocycles. The summed E-state index contributed by atoms with van der Waals surface area (Å²) in [6, 6.07) is 9.55. The van der Waals surface area contributed by atoms with Crippen LogP contribution in [-0.2, 0) is 5.60 Å². The van der Waals surface area contributed by atoms with E-state index in [-0.39, 0.29) is 0 Å². The number of aromatic nitrogens is 1. The van der Waals surface area contributed by atoms with Crippen LogP contribution in [0.3, 0.4) is 0 Å². The third-order valence-electron chi connectivity index (χ3n) is 3.32. The van der Waals surface area contributed by atoms with Crippen molar-refractivity contribution in [3.05, 3.63) is 58.3 Å². The number of halogens is 1. The molecule has 0 aliphatic carbocycles. The average molecular weight is 336 g/mol. The lowest BCUT2D eigenvalue weighted by Crippen LogP contribution is -2.26. The standard InChI is InChI=1S/C16H18BrNO2/c1-3-16(19,12-6-5-7-14(17)8-12)13-9-15(20-4-2)11-18-10-13/h5-11,19H,3-4H2,1-2H3. The summed E-state index contributed by atoms with van der Waals surface area (Å²) in [6.07, 6.45) is 3.90. The van der Waals surface area contributed by atoms with Crippen molar-refractivity contribution in [1.29, 1.82) is 0 Å². The summed E-state index contributed by atoms with van der Waals surface area (Å²) in [4.78, 5) is 4.17. The van der Waals surface area contributed by atoms with E-state index < -0.39 is 5.60 Å². The van der Waals surface area contributed by atoms with E-state index in [4.69, 9.17) is 4.74 Å². The second kappa shape index (κ2) is 6.37. The molecule has 4 heteroatoms. The number of aliphatic hydroxyl groups is 1. The molecule has 1 atom stereocenters. The van der Waals surface area contributed by atoms with Gasteiger partial charge in [-0.1, -0.05) is 35.0 Å². The first-order valence-electron chi connectivity index (χ1n) is 6.67. The van der Waals surface area contributed by atoms with Crippen molar-refractivity contribution in [2.24, 2.45) is 0 Å². The quantitative estimate of drug-likeness (QED) is 0.901. The molecule has 0 saturated heterocycles. The molecule has 20 heavy (non-hydrogen) atoms. The molecule has 106 valence electrons. The summed E-state index contributed by atoms with van der Waals surface area (Å²) in [5, 5.41) is 11.1. The number of ether oxygens (including phenoxy) is 1. The Kier molecular flexibility index (Phi) is 4.78. The highest BCUT2D eigenvalue weighted by atomic mass is 79.9. The first kappa shape index (κ1) is 15.0. The van der Waals surface area contributed by atoms with Gasteiger partial charge in [-0.15, -0.1) is 0 Å². The van der Waals surface area contributed by atoms with Gasteiger partial charge in [0.2, 0.25) is 0 Å². The van der Waals surface area contributed by atoms with E-state index in [9.17, 15) is 5.11 Å². The Morgan fingerprint density at radius 2 is 2.00 bits per heavy atom. The van der Waals surface area contributed by atoms with Crippen LogP contribution in [0.15, 0.2) is 47.2 Å². The van der Waals surface area contributed by atoms with Gasteiger partial charge in [-0.3, -0.25) is 4.98 Å². The molecule has 0 amide bonds. The SMILES string of the molecule is CCOc1cncc(C(O)(CC)c2cccc(Br)c2)c1. The summed E-state index contributed by atoms with van der Waals surface area (Å²) in [5.74, 6) is 0.673. The van der Waals surface area contributed by atoms with Crippen LogP contribution in [0.5, 0.6) is 5.75 Å². The van der Waals surface area contributed by atoms with E-state index in [0.717, 1.165) is 15.6 Å². The summed E-state index contributed by atoms with van der Waals surface area (Å²) in [7, 11) is 0. The molecule has 1 unspecified atom stereocenters. The minimum atomic E-state index is -1.07. The molecule has 2 aromatic rings. The fourth-order valence-electron chi connectivity index (χ4n) is 2.21. The molecule has 0 bridgehead atoms. The highest BCUT2D eigenvalue weighted by molar-refractivity contribution is 9.10. The van der Waals surface area contributed by atoms with Crippen LogP contribution in [0.2, 0.25) is 0 Å². The zero-order valence-electron chi connectivity index (χ0n) is 11.6. The lowest BCUT2D eigenvalue weighted by molar-refractivity contribution is 0.0757. The smallest absolute Gasteiger partial charge is 0.137 e. The van der Waals surface area contributed by atoms with Crippen molar-refractivity contribution in [3.8, 4) is 5.75 Å². The predicted octanol–water partition coefficient (Wildman–Crippen LogP) is 3.89. The maximum Gasteiger partial charge on any atom is 0.137 e. The van der Waals surface area contributed by atoms with Gasteiger partial charge >= 0.3 is 0 Å². The minimum absolute atomic E-state index is 0.556. The Labute approximate surface area is 127 Å². The molecule has 0 radical (unpaired) electrons. The fraction of sp³-hybridized carbons (Fsp3) is 0.312. The zero-order chi connectivity index (χ0) is 14.6. The normalized spacial score (nSPS) is 13.8. The molecule has 0 saturated carbocycles. The minimum Gasteiger partial charge on any atom is -0.492 e. The number of pyridine rings is 1. The highest BCUT2D eigenvalue weighted by Crippen LogP contribution is 2.34. The van der Waals surface area contributed by atoms with Crippen LogP contribution >= 0.6 is 15.9 Å². The van der Waals surface area contributed by atoms with Gasteiger partial charge in [-0.2, -0.15) is 0 Å². The van der Waals surface area contributed by atoms with Crippen molar-refractivity contribution >= 4 is 15.9 Å². The molecule has 0 aliphatic rings. The van der Waals surface area contributed by atoms with Crippen LogP contribution in [0.4, 0.5) is 0 Å². The van der Waals surface area contributed by atoms with Gasteiger partial charge in [-0.25, -0.2) is 0 Å². The van der Waals surface area contributed by atoms with E-state index in [1.165, 1.54) is 0 Å². The number of hydrogen-bond acceptors (Lipinski definition) is 3. The van der Waals surface area contributed by atoms with Gasteiger partial charge in [0.15, 0.2) is 0 Å². The maximum absolute atomic E-state index is 11.1. The molecule has 3 nitrogen and oxygen atoms in total. The lowest BCUT2D eigenvalue weighted by Gasteiger charge is -2.28. The molecule has 1 aromatic heterocycles. The zero-order valence-corrected chi connectivity index (χ0v) is 13.2. The monoisotopic (exact) mass is 335 g/mol. The van der Waals surface area contributed by atoms with Crippen molar-refractivity contribution in [3.63, 3.8) is 0 Å². The first-order valence-corrected chi connectivity index (χ1v) is 7.46. The maximum atomic E-state index is 11.1. The van der Waals surface area contributed by atoms with E-state index in [1.54, 1.807) is 12.4 Å². The highest BCUT2D eigenvalue weighted by Gasteiger charge is 2.30. The fourth-order valence-corrected chi connectivity index (χ4v) is 2.61. The molecule has 1 heterocycles. The summed E-state index contributed by atoms with van der Waals surface area (Å²) < 4.78 is 6.40. The Morgan fingerprint density at radius 3 is 2.65 bits per heavy atom. The van der Waals surface area contributed by atoms with Crippen molar-refractivity contribution < 1.29 is 9.84 Å². The molecular weight excluding hydrogens is 318 g/mol. The third-order valence-corrected chi connectivity index (χ3v) is 3.81. The van der Waals surface area contributed by atoms with Gasteiger partial charge in [0.05, 0.1) is 12.8 Å². The van der Waals surface area contributed by atoms with Crippen LogP contribution in [0.25, 0.3) is 0 Å². The van der Waals surface area contributed by atoms with E-state index in [2.05, 4.69) is 20.9 Å². The molecule has 0 aliphatic heterocycles. The Hall–Kier alpha value is -1.39. The summed E-state index contributed by atoms with van der Waals surface area (Å²) >= 11 is 3.44. The second-order valence-corrected chi connectivity index (χ2v) is 5.48. The third kappa shape index (κ3) is 3.02. The van der Waals surface area contributed by atoms with Gasteiger partial charge in [0.25, 0.3) is 0 Å². The van der Waals surface area contributed by atoms with E-state index >= 15 is 0 Å². The Balaban J connectivity index is 2.47. The summed E-state index contributed by atoms with van der Waals surface area (Å²) in [5.41, 5.74) is 0.512. The average Bonchev–Trinajstić information content (AvgIpc) is 2.47. The van der Waals surface area contributed by atoms with Gasteiger partial charge in [-0.05, 0) is 37.1 Å².